The number of hydrogen-bond acceptors (Lipinski definition) is 2. The minimum Gasteiger partial charge on any atom is -0.480 e. The van der Waals surface area contributed by atoms with Crippen molar-refractivity contribution in [3.05, 3.63) is 103 Å². The van der Waals surface area contributed by atoms with Gasteiger partial charge in [0, 0.05) is 29.0 Å². The molecule has 1 heterocycles. The summed E-state index contributed by atoms with van der Waals surface area (Å²) in [6, 6.07) is 15.9. The Morgan fingerprint density at radius 3 is 2.49 bits per heavy atom. The Morgan fingerprint density at radius 1 is 1.08 bits per heavy atom. The molecule has 37 heavy (non-hydrogen) atoms. The average Bonchev–Trinajstić information content (AvgIpc) is 2.85. The maximum absolute atomic E-state index is 13.2. The van der Waals surface area contributed by atoms with Crippen molar-refractivity contribution in [2.45, 2.75) is 45.2 Å². The first kappa shape index (κ1) is 27.2. The molecule has 0 saturated carbocycles. The largest absolute Gasteiger partial charge is 0.480 e. The molecule has 4 rings (SSSR count). The number of carboxylic acids is 1. The molecule has 0 bridgehead atoms. The van der Waals surface area contributed by atoms with E-state index >= 15 is 0 Å². The molecule has 0 spiro atoms. The number of halogens is 3. The Labute approximate surface area is 231 Å². The highest BCUT2D eigenvalue weighted by molar-refractivity contribution is 6.40. The van der Waals surface area contributed by atoms with Crippen molar-refractivity contribution in [2.24, 2.45) is 0 Å². The van der Waals surface area contributed by atoms with Gasteiger partial charge in [-0.2, -0.15) is 0 Å². The summed E-state index contributed by atoms with van der Waals surface area (Å²) in [5.74, 6) is -1.41. The van der Waals surface area contributed by atoms with Crippen LogP contribution in [0.3, 0.4) is 0 Å². The van der Waals surface area contributed by atoms with Crippen molar-refractivity contribution in [1.29, 1.82) is 0 Å². The van der Waals surface area contributed by atoms with E-state index in [1.807, 2.05) is 54.7 Å². The lowest BCUT2D eigenvalue weighted by Crippen LogP contribution is -2.42. The topological polar surface area (TPSA) is 69.4 Å². The fourth-order valence-corrected chi connectivity index (χ4v) is 5.39. The number of aliphatic carboxylic acids is 1. The number of hydrogen-bond donors (Lipinski definition) is 2. The summed E-state index contributed by atoms with van der Waals surface area (Å²) in [7, 11) is 0. The van der Waals surface area contributed by atoms with Crippen LogP contribution in [0, 0.1) is 0 Å². The highest BCUT2D eigenvalue weighted by Gasteiger charge is 2.29. The smallest absolute Gasteiger partial charge is 0.326 e. The molecule has 3 aromatic rings. The molecule has 1 aliphatic heterocycles. The third kappa shape index (κ3) is 6.53. The standard InChI is InChI=1S/C29H27Cl3N2O3/c1-17(2)20-5-3-4-19(12-20)13-25(29(36)37)33-28(35)26-24(31)14-21-16-34(11-10-23(21)27(26)32)15-18-6-8-22(30)9-7-18/h3-9,12,14-15,17,25H,10-11,13,16H2,1-2H3,(H-,33,35,36,37)/p+1/t25-/m0/s1. The van der Waals surface area contributed by atoms with Crippen LogP contribution < -0.4 is 5.32 Å². The van der Waals surface area contributed by atoms with E-state index in [1.165, 1.54) is 0 Å². The first-order valence-electron chi connectivity index (χ1n) is 12.1. The van der Waals surface area contributed by atoms with Crippen molar-refractivity contribution in [3.63, 3.8) is 0 Å². The lowest BCUT2D eigenvalue weighted by molar-refractivity contribution is -0.542. The summed E-state index contributed by atoms with van der Waals surface area (Å²) in [6.07, 6.45) is 2.82. The minimum atomic E-state index is -1.12. The fraction of sp³-hybridized carbons (Fsp3) is 0.276. The summed E-state index contributed by atoms with van der Waals surface area (Å²) < 4.78 is 2.16. The highest BCUT2D eigenvalue weighted by Crippen LogP contribution is 2.34. The number of carbonyl (C=O) groups is 2. The molecule has 0 aliphatic carbocycles. The number of fused-ring (bicyclic) bond motifs is 1. The predicted molar refractivity (Wildman–Crippen MR) is 149 cm³/mol. The number of nitrogens with zero attached hydrogens (tertiary/aromatic N) is 1. The number of carbonyl (C=O) groups excluding carboxylic acids is 1. The van der Waals surface area contributed by atoms with Crippen molar-refractivity contribution < 1.29 is 19.3 Å². The zero-order valence-electron chi connectivity index (χ0n) is 20.6. The van der Waals surface area contributed by atoms with Crippen LogP contribution >= 0.6 is 34.8 Å². The third-order valence-electron chi connectivity index (χ3n) is 6.52. The van der Waals surface area contributed by atoms with E-state index in [2.05, 4.69) is 23.7 Å². The van der Waals surface area contributed by atoms with Crippen LogP contribution in [-0.4, -0.2) is 40.4 Å². The van der Waals surface area contributed by atoms with Gasteiger partial charge in [0.2, 0.25) is 0 Å². The molecule has 0 radical (unpaired) electrons. The fourth-order valence-electron chi connectivity index (χ4n) is 4.50. The second kappa shape index (κ2) is 11.7. The molecule has 1 atom stereocenters. The lowest BCUT2D eigenvalue weighted by atomic mass is 9.96. The maximum atomic E-state index is 13.2. The monoisotopic (exact) mass is 557 g/mol. The van der Waals surface area contributed by atoms with Crippen molar-refractivity contribution in [2.75, 3.05) is 6.54 Å². The van der Waals surface area contributed by atoms with Crippen LogP contribution in [0.1, 0.15) is 57.9 Å². The van der Waals surface area contributed by atoms with Gasteiger partial charge in [-0.25, -0.2) is 9.37 Å². The number of carboxylic acid groups (broad SMARTS) is 1. The van der Waals surface area contributed by atoms with Crippen molar-refractivity contribution in [3.8, 4) is 0 Å². The van der Waals surface area contributed by atoms with Gasteiger partial charge in [0.15, 0.2) is 12.8 Å². The first-order valence-corrected chi connectivity index (χ1v) is 13.2. The Morgan fingerprint density at radius 2 is 1.81 bits per heavy atom. The van der Waals surface area contributed by atoms with Gasteiger partial charge in [0.25, 0.3) is 5.91 Å². The minimum absolute atomic E-state index is 0.111. The molecular weight excluding hydrogens is 531 g/mol. The second-order valence-corrected chi connectivity index (χ2v) is 10.8. The van der Waals surface area contributed by atoms with E-state index in [0.717, 1.165) is 27.8 Å². The van der Waals surface area contributed by atoms with Crippen LogP contribution in [0.2, 0.25) is 15.1 Å². The van der Waals surface area contributed by atoms with Crippen LogP contribution in [0.5, 0.6) is 0 Å². The SMILES string of the molecule is CC(C)c1cccc(C[C@H](NC(=O)c2c(Cl)cc3c(c2Cl)CC[N+](=Cc2ccc(Cl)cc2)C3)C(=O)O)c1. The number of rotatable bonds is 7. The van der Waals surface area contributed by atoms with E-state index in [1.54, 1.807) is 6.07 Å². The Bertz CT molecular complexity index is 1370. The van der Waals surface area contributed by atoms with Crippen molar-refractivity contribution in [1.82, 2.24) is 5.32 Å². The van der Waals surface area contributed by atoms with Crippen LogP contribution in [0.25, 0.3) is 0 Å². The van der Waals surface area contributed by atoms with Gasteiger partial charge in [-0.15, -0.1) is 0 Å². The predicted octanol–water partition coefficient (Wildman–Crippen LogP) is 6.38. The second-order valence-electron chi connectivity index (χ2n) is 9.55. The van der Waals surface area contributed by atoms with Gasteiger partial charge in [-0.1, -0.05) is 72.9 Å². The van der Waals surface area contributed by atoms with Crippen LogP contribution in [-0.2, 0) is 24.2 Å². The average molecular weight is 559 g/mol. The maximum Gasteiger partial charge on any atom is 0.326 e. The van der Waals surface area contributed by atoms with Gasteiger partial charge in [0.1, 0.15) is 12.6 Å². The first-order chi connectivity index (χ1) is 17.6. The van der Waals surface area contributed by atoms with Gasteiger partial charge in [0.05, 0.1) is 15.6 Å². The number of nitrogens with one attached hydrogen (secondary N) is 1. The highest BCUT2D eigenvalue weighted by atomic mass is 35.5. The molecule has 0 saturated heterocycles. The summed E-state index contributed by atoms with van der Waals surface area (Å²) in [5.41, 5.74) is 4.87. The molecule has 1 aliphatic rings. The molecule has 0 fully saturated rings. The molecule has 192 valence electrons. The van der Waals surface area contributed by atoms with Gasteiger partial charge in [-0.3, -0.25) is 4.79 Å². The van der Waals surface area contributed by atoms with Gasteiger partial charge < -0.3 is 10.4 Å². The molecule has 0 aromatic heterocycles. The Kier molecular flexibility index (Phi) is 8.58. The van der Waals surface area contributed by atoms with E-state index in [9.17, 15) is 14.7 Å². The number of amides is 1. The lowest BCUT2D eigenvalue weighted by Gasteiger charge is -2.21. The summed E-state index contributed by atoms with van der Waals surface area (Å²) in [4.78, 5) is 25.2. The summed E-state index contributed by atoms with van der Waals surface area (Å²) in [5, 5.41) is 13.6. The number of benzene rings is 3. The zero-order valence-corrected chi connectivity index (χ0v) is 22.9. The van der Waals surface area contributed by atoms with E-state index in [0.29, 0.717) is 30.5 Å². The Balaban J connectivity index is 1.54. The zero-order chi connectivity index (χ0) is 26.7. The normalized spacial score (nSPS) is 14.9. The third-order valence-corrected chi connectivity index (χ3v) is 7.49. The molecule has 2 N–H and O–H groups in total. The van der Waals surface area contributed by atoms with Crippen LogP contribution in [0.15, 0.2) is 54.6 Å². The molecule has 3 aromatic carbocycles. The van der Waals surface area contributed by atoms with Crippen molar-refractivity contribution >= 4 is 52.9 Å². The Hall–Kier alpha value is -2.86. The molecule has 0 unspecified atom stereocenters. The van der Waals surface area contributed by atoms with E-state index in [4.69, 9.17) is 34.8 Å². The van der Waals surface area contributed by atoms with Gasteiger partial charge in [-0.05, 0) is 52.9 Å². The van der Waals surface area contributed by atoms with Gasteiger partial charge >= 0.3 is 5.97 Å². The van der Waals surface area contributed by atoms with E-state index < -0.39 is 17.9 Å². The molecule has 8 heteroatoms. The molecular formula is C29H28Cl3N2O3+. The summed E-state index contributed by atoms with van der Waals surface area (Å²) in [6.45, 7) is 5.44. The summed E-state index contributed by atoms with van der Waals surface area (Å²) >= 11 is 19.2. The molecule has 5 nitrogen and oxygen atoms in total. The van der Waals surface area contributed by atoms with E-state index in [-0.39, 0.29) is 22.0 Å². The van der Waals surface area contributed by atoms with Crippen LogP contribution in [0.4, 0.5) is 0 Å². The molecule has 1 amide bonds. The quantitative estimate of drug-likeness (QED) is 0.331.